The molecule has 0 radical (unpaired) electrons. The number of hydrogen-bond donors (Lipinski definition) is 1. The molecule has 1 aromatic heterocycles. The maximum atomic E-state index is 12.6. The van der Waals surface area contributed by atoms with Crippen molar-refractivity contribution in [3.63, 3.8) is 0 Å². The Morgan fingerprint density at radius 3 is 2.65 bits per heavy atom. The minimum absolute atomic E-state index is 0.0928. The van der Waals surface area contributed by atoms with E-state index in [1.54, 1.807) is 6.07 Å². The Balaban J connectivity index is 2.72. The highest BCUT2D eigenvalue weighted by Gasteiger charge is 2.43. The van der Waals surface area contributed by atoms with Crippen LogP contribution in [0.5, 0.6) is 0 Å². The third kappa shape index (κ3) is 4.10. The van der Waals surface area contributed by atoms with Crippen LogP contribution in [0.2, 0.25) is 0 Å². The zero-order valence-corrected chi connectivity index (χ0v) is 9.07. The van der Waals surface area contributed by atoms with Gasteiger partial charge in [0.1, 0.15) is 11.8 Å². The van der Waals surface area contributed by atoms with E-state index in [9.17, 15) is 18.0 Å². The monoisotopic (exact) mass is 251 g/mol. The first kappa shape index (κ1) is 13.6. The van der Waals surface area contributed by atoms with Gasteiger partial charge in [-0.15, -0.1) is 0 Å². The molecule has 0 amide bonds. The number of alkyl halides is 3. The van der Waals surface area contributed by atoms with Crippen LogP contribution in [0.4, 0.5) is 13.2 Å². The lowest BCUT2D eigenvalue weighted by molar-refractivity contribution is -0.189. The molecule has 1 rings (SSSR count). The van der Waals surface area contributed by atoms with Gasteiger partial charge in [0.15, 0.2) is 0 Å². The second-order valence-electron chi connectivity index (χ2n) is 3.65. The molecule has 1 unspecified atom stereocenters. The maximum absolute atomic E-state index is 12.6. The summed E-state index contributed by atoms with van der Waals surface area (Å²) in [7, 11) is 1.21. The van der Waals surface area contributed by atoms with Crippen molar-refractivity contribution in [2.75, 3.05) is 7.05 Å². The van der Waals surface area contributed by atoms with Crippen LogP contribution < -0.4 is 0 Å². The number of carboxylic acid groups (broad SMARTS) is 1. The van der Waals surface area contributed by atoms with E-state index in [1.807, 2.05) is 0 Å². The molecular weight excluding hydrogens is 239 g/mol. The van der Waals surface area contributed by atoms with Crippen LogP contribution in [0.25, 0.3) is 0 Å². The van der Waals surface area contributed by atoms with Crippen LogP contribution in [-0.2, 0) is 11.3 Å². The number of carboxylic acids is 1. The van der Waals surface area contributed by atoms with E-state index < -0.39 is 24.6 Å². The molecule has 0 fully saturated rings. The van der Waals surface area contributed by atoms with E-state index in [0.717, 1.165) is 4.90 Å². The largest absolute Gasteiger partial charge is 0.481 e. The van der Waals surface area contributed by atoms with Crippen molar-refractivity contribution in [1.29, 1.82) is 0 Å². The third-order valence-electron chi connectivity index (χ3n) is 2.26. The van der Waals surface area contributed by atoms with Crippen molar-refractivity contribution in [2.45, 2.75) is 25.2 Å². The quantitative estimate of drug-likeness (QED) is 0.870. The van der Waals surface area contributed by atoms with Crippen LogP contribution in [0.1, 0.15) is 12.2 Å². The van der Waals surface area contributed by atoms with E-state index in [1.165, 1.54) is 19.4 Å². The Hall–Kier alpha value is -1.50. The van der Waals surface area contributed by atoms with Crippen LogP contribution in [0.3, 0.4) is 0 Å². The van der Waals surface area contributed by atoms with Crippen molar-refractivity contribution < 1.29 is 27.5 Å². The van der Waals surface area contributed by atoms with Gasteiger partial charge >= 0.3 is 12.1 Å². The van der Waals surface area contributed by atoms with Crippen molar-refractivity contribution in [3.05, 3.63) is 24.2 Å². The van der Waals surface area contributed by atoms with Gasteiger partial charge in [0.25, 0.3) is 0 Å². The molecule has 96 valence electrons. The molecule has 1 heterocycles. The highest BCUT2D eigenvalue weighted by Crippen LogP contribution is 2.27. The summed E-state index contributed by atoms with van der Waals surface area (Å²) in [6.07, 6.45) is -4.22. The molecule has 7 heteroatoms. The van der Waals surface area contributed by atoms with Crippen LogP contribution in [0, 0.1) is 0 Å². The highest BCUT2D eigenvalue weighted by molar-refractivity contribution is 5.67. The lowest BCUT2D eigenvalue weighted by Gasteiger charge is -2.27. The topological polar surface area (TPSA) is 53.7 Å². The summed E-state index contributed by atoms with van der Waals surface area (Å²) in [4.78, 5) is 11.3. The number of nitrogens with zero attached hydrogens (tertiary/aromatic N) is 1. The van der Waals surface area contributed by atoms with Gasteiger partial charge in [-0.3, -0.25) is 9.69 Å². The fourth-order valence-electron chi connectivity index (χ4n) is 1.45. The number of halogens is 3. The Labute approximate surface area is 95.6 Å². The summed E-state index contributed by atoms with van der Waals surface area (Å²) in [5, 5.41) is 8.47. The van der Waals surface area contributed by atoms with E-state index >= 15 is 0 Å². The number of aliphatic carboxylic acids is 1. The van der Waals surface area contributed by atoms with Crippen LogP contribution in [0.15, 0.2) is 22.8 Å². The van der Waals surface area contributed by atoms with Crippen LogP contribution >= 0.6 is 0 Å². The first-order valence-electron chi connectivity index (χ1n) is 4.82. The summed E-state index contributed by atoms with van der Waals surface area (Å²) in [6, 6.07) is 1.07. The molecule has 0 saturated carbocycles. The molecule has 1 N–H and O–H groups in total. The standard InChI is InChI=1S/C10H12F3NO3/c1-14(6-7-3-2-4-17-7)8(5-9(15)16)10(11,12)13/h2-4,8H,5-6H2,1H3,(H,15,16). The number of furan rings is 1. The molecule has 0 saturated heterocycles. The highest BCUT2D eigenvalue weighted by atomic mass is 19.4. The van der Waals surface area contributed by atoms with Gasteiger partial charge in [0, 0.05) is 0 Å². The number of carbonyl (C=O) groups is 1. The fraction of sp³-hybridized carbons (Fsp3) is 0.500. The summed E-state index contributed by atoms with van der Waals surface area (Å²) in [6.45, 7) is -0.0928. The van der Waals surface area contributed by atoms with E-state index in [0.29, 0.717) is 5.76 Å². The molecule has 0 bridgehead atoms. The molecule has 4 nitrogen and oxygen atoms in total. The van der Waals surface area contributed by atoms with Crippen molar-refractivity contribution in [2.24, 2.45) is 0 Å². The van der Waals surface area contributed by atoms with Crippen molar-refractivity contribution >= 4 is 5.97 Å². The van der Waals surface area contributed by atoms with Gasteiger partial charge in [-0.05, 0) is 19.2 Å². The smallest absolute Gasteiger partial charge is 0.404 e. The molecule has 0 aliphatic carbocycles. The average Bonchev–Trinajstić information content (AvgIpc) is 2.64. The Bertz CT molecular complexity index is 361. The van der Waals surface area contributed by atoms with Gasteiger partial charge in [-0.2, -0.15) is 13.2 Å². The van der Waals surface area contributed by atoms with E-state index in [-0.39, 0.29) is 6.54 Å². The second kappa shape index (κ2) is 5.22. The van der Waals surface area contributed by atoms with Gasteiger partial charge < -0.3 is 9.52 Å². The predicted octanol–water partition coefficient (Wildman–Crippen LogP) is 2.12. The van der Waals surface area contributed by atoms with Crippen molar-refractivity contribution in [1.82, 2.24) is 4.90 Å². The Morgan fingerprint density at radius 1 is 1.59 bits per heavy atom. The Kier molecular flexibility index (Phi) is 4.17. The zero-order valence-electron chi connectivity index (χ0n) is 9.07. The normalized spacial score (nSPS) is 13.9. The van der Waals surface area contributed by atoms with E-state index in [2.05, 4.69) is 0 Å². The minimum atomic E-state index is -4.58. The lowest BCUT2D eigenvalue weighted by Crippen LogP contribution is -2.44. The zero-order chi connectivity index (χ0) is 13.1. The first-order valence-corrected chi connectivity index (χ1v) is 4.82. The second-order valence-corrected chi connectivity index (χ2v) is 3.65. The first-order chi connectivity index (χ1) is 7.80. The number of rotatable bonds is 5. The molecule has 0 spiro atoms. The number of hydrogen-bond acceptors (Lipinski definition) is 3. The van der Waals surface area contributed by atoms with E-state index in [4.69, 9.17) is 9.52 Å². The average molecular weight is 251 g/mol. The van der Waals surface area contributed by atoms with Crippen molar-refractivity contribution in [3.8, 4) is 0 Å². The molecule has 1 aromatic rings. The SMILES string of the molecule is CN(Cc1ccco1)C(CC(=O)O)C(F)(F)F. The maximum Gasteiger partial charge on any atom is 0.404 e. The fourth-order valence-corrected chi connectivity index (χ4v) is 1.45. The summed E-state index contributed by atoms with van der Waals surface area (Å²) < 4.78 is 42.8. The molecule has 0 aromatic carbocycles. The predicted molar refractivity (Wildman–Crippen MR) is 52.3 cm³/mol. The van der Waals surface area contributed by atoms with Gasteiger partial charge in [-0.1, -0.05) is 0 Å². The van der Waals surface area contributed by atoms with Crippen LogP contribution in [-0.4, -0.2) is 35.2 Å². The van der Waals surface area contributed by atoms with Gasteiger partial charge in [0.05, 0.1) is 19.2 Å². The lowest BCUT2D eigenvalue weighted by atomic mass is 10.1. The molecule has 0 aliphatic rings. The third-order valence-corrected chi connectivity index (χ3v) is 2.26. The van der Waals surface area contributed by atoms with Gasteiger partial charge in [0.2, 0.25) is 0 Å². The molecular formula is C10H12F3NO3. The molecule has 1 atom stereocenters. The minimum Gasteiger partial charge on any atom is -0.481 e. The Morgan fingerprint density at radius 2 is 2.24 bits per heavy atom. The molecule has 0 aliphatic heterocycles. The summed E-state index contributed by atoms with van der Waals surface area (Å²) >= 11 is 0. The van der Waals surface area contributed by atoms with Gasteiger partial charge in [-0.25, -0.2) is 0 Å². The summed E-state index contributed by atoms with van der Waals surface area (Å²) in [5.74, 6) is -1.13. The molecule has 17 heavy (non-hydrogen) atoms. The summed E-state index contributed by atoms with van der Waals surface area (Å²) in [5.41, 5.74) is 0.